The Morgan fingerprint density at radius 1 is 1.27 bits per heavy atom. The van der Waals surface area contributed by atoms with E-state index in [9.17, 15) is 0 Å². The van der Waals surface area contributed by atoms with Crippen molar-refractivity contribution in [2.24, 2.45) is 5.92 Å². The van der Waals surface area contributed by atoms with Crippen LogP contribution in [0.15, 0.2) is 12.7 Å². The average Bonchev–Trinajstić information content (AvgIpc) is 2.11. The van der Waals surface area contributed by atoms with Gasteiger partial charge in [0.1, 0.15) is 0 Å². The van der Waals surface area contributed by atoms with Crippen LogP contribution in [0.3, 0.4) is 0 Å². The highest BCUT2D eigenvalue weighted by Crippen LogP contribution is 2.25. The molecule has 1 rings (SSSR count). The molecule has 1 aliphatic carbocycles. The van der Waals surface area contributed by atoms with Gasteiger partial charge in [0.05, 0.1) is 0 Å². The number of hydrogen-bond acceptors (Lipinski definition) is 0. The maximum Gasteiger partial charge on any atom is -0.00848 e. The molecule has 0 nitrogen and oxygen atoms in total. The Morgan fingerprint density at radius 2 is 1.82 bits per heavy atom. The Kier molecular flexibility index (Phi) is 8.48. The molecular weight excluding hydrogens is 200 g/mol. The number of rotatable bonds is 2. The van der Waals surface area contributed by atoms with Gasteiger partial charge in [-0.15, -0.1) is 6.58 Å². The van der Waals surface area contributed by atoms with Crippen LogP contribution in [-0.2, 0) is 0 Å². The lowest BCUT2D eigenvalue weighted by atomic mass is 9.87. The van der Waals surface area contributed by atoms with Crippen LogP contribution >= 0.6 is 15.9 Å². The minimum absolute atomic E-state index is 0.983. The fourth-order valence-corrected chi connectivity index (χ4v) is 1.66. The maximum atomic E-state index is 3.75. The van der Waals surface area contributed by atoms with Gasteiger partial charge in [0.25, 0.3) is 0 Å². The van der Waals surface area contributed by atoms with Gasteiger partial charge in [-0.05, 0) is 18.2 Å². The molecular formula is C10H19Br. The van der Waals surface area contributed by atoms with Crippen molar-refractivity contribution in [3.63, 3.8) is 0 Å². The first-order chi connectivity index (χ1) is 5.43. The van der Waals surface area contributed by atoms with Crippen molar-refractivity contribution in [1.29, 1.82) is 0 Å². The van der Waals surface area contributed by atoms with Crippen molar-refractivity contribution in [3.8, 4) is 0 Å². The van der Waals surface area contributed by atoms with E-state index in [1.807, 2.05) is 5.83 Å². The number of halogens is 1. The third kappa shape index (κ3) is 5.49. The van der Waals surface area contributed by atoms with E-state index in [2.05, 4.69) is 28.6 Å². The van der Waals surface area contributed by atoms with Gasteiger partial charge in [0.15, 0.2) is 0 Å². The smallest absolute Gasteiger partial charge is 0.00848 e. The molecule has 66 valence electrons. The largest absolute Gasteiger partial charge is 0.103 e. The van der Waals surface area contributed by atoms with Crippen molar-refractivity contribution < 1.29 is 0 Å². The number of alkyl halides is 1. The Labute approximate surface area is 79.2 Å². The summed E-state index contributed by atoms with van der Waals surface area (Å²) in [6.45, 7) is 3.75. The molecule has 0 aromatic carbocycles. The second kappa shape index (κ2) is 8.32. The summed E-state index contributed by atoms with van der Waals surface area (Å²) in [5, 5.41) is 0. The van der Waals surface area contributed by atoms with E-state index in [0.717, 1.165) is 5.92 Å². The molecule has 11 heavy (non-hydrogen) atoms. The van der Waals surface area contributed by atoms with Gasteiger partial charge >= 0.3 is 0 Å². The summed E-state index contributed by atoms with van der Waals surface area (Å²) in [7, 11) is 0. The molecule has 0 aliphatic heterocycles. The molecule has 1 aliphatic rings. The lowest BCUT2D eigenvalue weighted by molar-refractivity contribution is 0.361. The third-order valence-electron chi connectivity index (χ3n) is 2.22. The zero-order valence-corrected chi connectivity index (χ0v) is 9.07. The minimum Gasteiger partial charge on any atom is -0.103 e. The molecule has 0 atom stereocenters. The first-order valence-electron chi connectivity index (χ1n) is 4.42. The van der Waals surface area contributed by atoms with Crippen molar-refractivity contribution in [2.75, 3.05) is 5.83 Å². The predicted octanol–water partition coefficient (Wildman–Crippen LogP) is 4.15. The summed E-state index contributed by atoms with van der Waals surface area (Å²) in [5.74, 6) is 2.80. The zero-order chi connectivity index (χ0) is 8.53. The molecule has 0 heterocycles. The predicted molar refractivity (Wildman–Crippen MR) is 56.2 cm³/mol. The lowest BCUT2D eigenvalue weighted by Crippen LogP contribution is -2.04. The molecule has 0 spiro atoms. The highest BCUT2D eigenvalue weighted by atomic mass is 79.9. The van der Waals surface area contributed by atoms with Crippen molar-refractivity contribution in [3.05, 3.63) is 12.7 Å². The molecule has 0 bridgehead atoms. The van der Waals surface area contributed by atoms with Crippen LogP contribution in [-0.4, -0.2) is 5.83 Å². The SMILES string of the molecule is C=CCC1CCCCC1.CBr. The van der Waals surface area contributed by atoms with Gasteiger partial charge in [-0.1, -0.05) is 54.1 Å². The minimum atomic E-state index is 0.983. The Bertz CT molecular complexity index is 82.9. The molecule has 0 N–H and O–H groups in total. The van der Waals surface area contributed by atoms with Gasteiger partial charge in [0.2, 0.25) is 0 Å². The van der Waals surface area contributed by atoms with Crippen LogP contribution in [0.5, 0.6) is 0 Å². The number of hydrogen-bond donors (Lipinski definition) is 0. The van der Waals surface area contributed by atoms with Crippen LogP contribution in [0.25, 0.3) is 0 Å². The Balaban J connectivity index is 0.000000461. The van der Waals surface area contributed by atoms with Crippen molar-refractivity contribution >= 4 is 15.9 Å². The molecule has 0 unspecified atom stereocenters. The summed E-state index contributed by atoms with van der Waals surface area (Å²) in [6.07, 6.45) is 10.6. The highest BCUT2D eigenvalue weighted by Gasteiger charge is 2.10. The van der Waals surface area contributed by atoms with Crippen LogP contribution in [0.1, 0.15) is 38.5 Å². The molecule has 1 heteroatoms. The zero-order valence-electron chi connectivity index (χ0n) is 7.48. The summed E-state index contributed by atoms with van der Waals surface area (Å²) in [5.41, 5.74) is 0. The topological polar surface area (TPSA) is 0 Å². The molecule has 1 saturated carbocycles. The first-order valence-corrected chi connectivity index (χ1v) is 6.01. The Morgan fingerprint density at radius 3 is 2.27 bits per heavy atom. The van der Waals surface area contributed by atoms with E-state index >= 15 is 0 Å². The average molecular weight is 219 g/mol. The van der Waals surface area contributed by atoms with E-state index in [1.165, 1.54) is 38.5 Å². The monoisotopic (exact) mass is 218 g/mol. The normalized spacial score (nSPS) is 18.4. The second-order valence-electron chi connectivity index (χ2n) is 3.03. The fraction of sp³-hybridized carbons (Fsp3) is 0.800. The molecule has 0 saturated heterocycles. The quantitative estimate of drug-likeness (QED) is 0.483. The van der Waals surface area contributed by atoms with E-state index in [1.54, 1.807) is 0 Å². The van der Waals surface area contributed by atoms with Crippen molar-refractivity contribution in [2.45, 2.75) is 38.5 Å². The summed E-state index contributed by atoms with van der Waals surface area (Å²) < 4.78 is 0. The van der Waals surface area contributed by atoms with Gasteiger partial charge < -0.3 is 0 Å². The van der Waals surface area contributed by atoms with E-state index in [-0.39, 0.29) is 0 Å². The summed E-state index contributed by atoms with van der Waals surface area (Å²) >= 11 is 2.94. The van der Waals surface area contributed by atoms with Crippen LogP contribution < -0.4 is 0 Å². The maximum absolute atomic E-state index is 3.75. The fourth-order valence-electron chi connectivity index (χ4n) is 1.66. The lowest BCUT2D eigenvalue weighted by Gasteiger charge is -2.19. The molecule has 0 aromatic rings. The summed E-state index contributed by atoms with van der Waals surface area (Å²) in [6, 6.07) is 0. The van der Waals surface area contributed by atoms with Crippen LogP contribution in [0.4, 0.5) is 0 Å². The van der Waals surface area contributed by atoms with Crippen LogP contribution in [0, 0.1) is 5.92 Å². The van der Waals surface area contributed by atoms with E-state index in [0.29, 0.717) is 0 Å². The van der Waals surface area contributed by atoms with Crippen LogP contribution in [0.2, 0.25) is 0 Å². The van der Waals surface area contributed by atoms with Crippen molar-refractivity contribution in [1.82, 2.24) is 0 Å². The first kappa shape index (κ1) is 11.2. The molecule has 0 aromatic heterocycles. The third-order valence-corrected chi connectivity index (χ3v) is 2.22. The van der Waals surface area contributed by atoms with E-state index < -0.39 is 0 Å². The molecule has 1 fully saturated rings. The molecule has 0 amide bonds. The number of allylic oxidation sites excluding steroid dienone is 1. The highest BCUT2D eigenvalue weighted by molar-refractivity contribution is 9.08. The summed E-state index contributed by atoms with van der Waals surface area (Å²) in [4.78, 5) is 0. The van der Waals surface area contributed by atoms with Gasteiger partial charge in [-0.2, -0.15) is 0 Å². The molecule has 0 radical (unpaired) electrons. The second-order valence-corrected chi connectivity index (χ2v) is 3.03. The van der Waals surface area contributed by atoms with Gasteiger partial charge in [-0.3, -0.25) is 0 Å². The Hall–Kier alpha value is 0.220. The van der Waals surface area contributed by atoms with Gasteiger partial charge in [-0.25, -0.2) is 0 Å². The van der Waals surface area contributed by atoms with Gasteiger partial charge in [0, 0.05) is 0 Å². The van der Waals surface area contributed by atoms with E-state index in [4.69, 9.17) is 0 Å². The standard InChI is InChI=1S/C9H16.CH3Br/c1-2-6-9-7-4-3-5-8-9;1-2/h2,9H,1,3-8H2;1H3.